The summed E-state index contributed by atoms with van der Waals surface area (Å²) in [5.74, 6) is -2.40. The van der Waals surface area contributed by atoms with Crippen molar-refractivity contribution < 1.29 is 141 Å². The molecule has 3 aliphatic rings. The van der Waals surface area contributed by atoms with Crippen LogP contribution in [-0.4, -0.2) is 369 Å². The predicted octanol–water partition coefficient (Wildman–Crippen LogP) is 3.53. The molecule has 2 bridgehead atoms. The number of likely N-dealkylation sites (N-methyl/N-ethyl adjacent to an activating group) is 1. The third kappa shape index (κ3) is 71.3. The molecule has 3 saturated carbocycles. The number of nitrogens with one attached hydrogen (secondary N) is 13. The number of hydrogen-bond acceptors (Lipinski definition) is 36. The fraction of sp³-hybridized carbons (Fsp3) is 0.863. The number of ether oxygens (including phenoxy) is 8. The molecule has 0 saturated heterocycles. The van der Waals surface area contributed by atoms with Crippen LogP contribution in [-0.2, 0) is 105 Å². The van der Waals surface area contributed by atoms with Crippen molar-refractivity contribution >= 4 is 83.1 Å². The van der Waals surface area contributed by atoms with Crippen molar-refractivity contribution in [2.24, 2.45) is 23.2 Å². The number of unbranched alkanes of at least 4 members (excludes halogenated alkanes) is 6. The van der Waals surface area contributed by atoms with E-state index in [9.17, 15) is 77.3 Å². The van der Waals surface area contributed by atoms with Crippen LogP contribution in [0.15, 0.2) is 0 Å². The molecule has 0 spiro atoms. The smallest absolute Gasteiger partial charge is 0.323 e. The Kier molecular flexibility index (Phi) is 89.9. The fourth-order valence-corrected chi connectivity index (χ4v) is 15.3. The third-order valence-corrected chi connectivity index (χ3v) is 25.4. The van der Waals surface area contributed by atoms with Crippen molar-refractivity contribution in [1.29, 1.82) is 0 Å². The Hall–Kier alpha value is -8.02. The second-order valence-corrected chi connectivity index (χ2v) is 37.3. The highest BCUT2D eigenvalue weighted by atomic mass is 16.6. The molecule has 3 rings (SSSR count). The Balaban J connectivity index is -0.000000802. The summed E-state index contributed by atoms with van der Waals surface area (Å²) in [7, 11) is 7.90. The Morgan fingerprint density at radius 1 is 0.359 bits per heavy atom. The van der Waals surface area contributed by atoms with Crippen LogP contribution < -0.4 is 69.1 Å². The Bertz CT molecular complexity index is 3430. The maximum absolute atomic E-state index is 12.5. The van der Waals surface area contributed by atoms with Crippen LogP contribution in [0.2, 0.25) is 0 Å². The lowest BCUT2D eigenvalue weighted by Gasteiger charge is -2.38. The monoisotopic (exact) mass is 2080 g/mol. The lowest BCUT2D eigenvalue weighted by molar-refractivity contribution is -0.147. The van der Waals surface area contributed by atoms with Crippen molar-refractivity contribution in [2.75, 3.05) is 154 Å². The molecule has 43 nitrogen and oxygen atoms in total. The molecule has 0 heterocycles. The molecular formula is C102H198N14O29. The minimum absolute atomic E-state index is 0.0248. The molecule has 3 fully saturated rings. The normalized spacial score (nSPS) is 18.4. The molecule has 0 radical (unpaired) electrons. The first-order chi connectivity index (χ1) is 69.1. The van der Waals surface area contributed by atoms with Gasteiger partial charge < -0.3 is 148 Å². The number of hydrogen-bond donors (Lipinski definition) is 20. The van der Waals surface area contributed by atoms with Gasteiger partial charge in [-0.3, -0.25) is 67.1 Å². The van der Waals surface area contributed by atoms with Gasteiger partial charge in [0, 0.05) is 102 Å². The van der Waals surface area contributed by atoms with Crippen LogP contribution in [0.25, 0.3) is 0 Å². The largest absolute Gasteiger partial charge is 0.469 e. The molecule has 3 aliphatic carbocycles. The van der Waals surface area contributed by atoms with E-state index in [1.165, 1.54) is 49.1 Å². The summed E-state index contributed by atoms with van der Waals surface area (Å²) >= 11 is 0. The highest BCUT2D eigenvalue weighted by Gasteiger charge is 2.52. The van der Waals surface area contributed by atoms with Gasteiger partial charge in [0.15, 0.2) is 0 Å². The van der Waals surface area contributed by atoms with Crippen LogP contribution in [0.5, 0.6) is 0 Å². The van der Waals surface area contributed by atoms with Gasteiger partial charge in [0.25, 0.3) is 0 Å². The summed E-state index contributed by atoms with van der Waals surface area (Å²) in [5.41, 5.74) is 0.126. The number of rotatable bonds is 70. The molecule has 7 amide bonds. The minimum atomic E-state index is -0.693. The molecule has 0 aliphatic heterocycles. The zero-order valence-electron chi connectivity index (χ0n) is 92.2. The van der Waals surface area contributed by atoms with Gasteiger partial charge >= 0.3 is 41.8 Å². The SMILES string of the molecule is CCC(C)NC(=O)C(CC(=O)OC)NCC1(C)CC2CC1CC2CO.CCC(C)NC(=O)CC(NC1CCC(O)CC1)C(=O)OC.CCC(C)NC(=O)CC(NCCCCCCO)C(=O)OC.CCC(C)NC(=O)CC(NCCCO)C(=O)OC.CCC(C)NC(=O)CC(NCCOCCO)C(=O)OC.CCN(CC)C(=O)C(CC(=O)OC)NCCCCCCO.CCOC(=O)C(CC(=O)NC(C)CC)NCCCO. The van der Waals surface area contributed by atoms with Crippen molar-refractivity contribution in [3.63, 3.8) is 0 Å². The summed E-state index contributed by atoms with van der Waals surface area (Å²) in [4.78, 5) is 167. The van der Waals surface area contributed by atoms with Gasteiger partial charge in [-0.2, -0.15) is 0 Å². The Labute approximate surface area is 865 Å². The number of aliphatic hydroxyl groups excluding tert-OH is 7. The second-order valence-electron chi connectivity index (χ2n) is 37.3. The van der Waals surface area contributed by atoms with E-state index in [0.29, 0.717) is 89.6 Å². The Morgan fingerprint density at radius 2 is 0.697 bits per heavy atom. The van der Waals surface area contributed by atoms with E-state index in [4.69, 9.17) is 49.2 Å². The number of aliphatic hydroxyl groups is 7. The number of carbonyl (C=O) groups excluding carboxylic acids is 14. The van der Waals surface area contributed by atoms with E-state index < -0.39 is 72.1 Å². The number of methoxy groups -OCH3 is 6. The zero-order valence-corrected chi connectivity index (χ0v) is 92.2. The van der Waals surface area contributed by atoms with Crippen LogP contribution >= 0.6 is 0 Å². The van der Waals surface area contributed by atoms with E-state index in [-0.39, 0.29) is 205 Å². The first kappa shape index (κ1) is 143. The molecule has 0 aromatic heterocycles. The minimum Gasteiger partial charge on any atom is -0.469 e. The maximum Gasteiger partial charge on any atom is 0.323 e. The van der Waals surface area contributed by atoms with Gasteiger partial charge in [0.05, 0.1) is 132 Å². The van der Waals surface area contributed by atoms with Crippen molar-refractivity contribution in [1.82, 2.24) is 74.0 Å². The fourth-order valence-electron chi connectivity index (χ4n) is 15.3. The summed E-state index contributed by atoms with van der Waals surface area (Å²) < 4.78 is 38.2. The second kappa shape index (κ2) is 91.0. The number of carbonyl (C=O) groups is 14. The standard InChI is InChI=1S/C19H34N2O4.C15H28N2O4.2C15H30N2O4.C13H26N2O5.C13H26N2O4.C12H24N2O4/c1-5-12(2)21-18(24)16(8-17(23)25-4)20-11-19(3)9-13-6-15(19)7-14(13)10-22;1-4-10(2)16-14(19)9-13(15(20)21-3)17-11-5-7-12(18)8-6-11;1-4-12(2)17-14(19)11-13(15(20)21-3)16-9-7-5-6-8-10-18;1-4-17(5-2)15(20)13(12-14(19)21-3)16-10-8-6-7-9-11-18;1-4-10(2)15-12(17)9-11(13(18)19-3)14-5-7-20-8-6-16;1-4-10(3)15-12(17)9-11(13(18)19-5-2)14-7-6-8-16;1-4-9(2)14-11(16)8-10(12(17)18-3)13-6-5-7-15/h12-16,20,22H,5-11H2,1-4H3,(H,21,24);10-13,17-18H,4-9H2,1-3H3,(H,16,19);12-13,16,18H,4-11H2,1-3H3,(H,17,19);13,16,18H,4-12H2,1-3H3;10-11,14,16H,4-9H2,1-3H3,(H,15,17);10-11,14,16H,4-9H2,1-3H3,(H,15,17);9-10,13,15H,4-8H2,1-3H3,(H,14,16). The van der Waals surface area contributed by atoms with Gasteiger partial charge in [0.1, 0.15) is 30.2 Å². The summed E-state index contributed by atoms with van der Waals surface area (Å²) in [6.07, 6.45) is 20.0. The average molecular weight is 2080 g/mol. The highest BCUT2D eigenvalue weighted by molar-refractivity contribution is 5.90. The van der Waals surface area contributed by atoms with E-state index in [2.05, 4.69) is 90.3 Å². The van der Waals surface area contributed by atoms with Gasteiger partial charge in [-0.05, 0) is 234 Å². The maximum atomic E-state index is 12.5. The first-order valence-electron chi connectivity index (χ1n) is 52.8. The molecule has 0 aromatic rings. The molecule has 17 atom stereocenters. The van der Waals surface area contributed by atoms with Crippen molar-refractivity contribution in [2.45, 2.75) is 394 Å². The third-order valence-electron chi connectivity index (χ3n) is 25.4. The Morgan fingerprint density at radius 3 is 1.03 bits per heavy atom. The van der Waals surface area contributed by atoms with Crippen LogP contribution in [0.4, 0.5) is 0 Å². The zero-order chi connectivity index (χ0) is 111. The quantitative estimate of drug-likeness (QED) is 0.0235. The van der Waals surface area contributed by atoms with Gasteiger partial charge in [-0.25, -0.2) is 0 Å². The van der Waals surface area contributed by atoms with Gasteiger partial charge in [-0.1, -0.05) is 74.1 Å². The van der Waals surface area contributed by atoms with E-state index >= 15 is 0 Å². The summed E-state index contributed by atoms with van der Waals surface area (Å²) in [6.45, 7) is 37.6. The molecular weight excluding hydrogens is 1890 g/mol. The average Bonchev–Trinajstić information content (AvgIpc) is 1.61. The summed E-state index contributed by atoms with van der Waals surface area (Å²) in [6, 6.07) is -3.63. The topological polar surface area (TPSA) is 614 Å². The molecule has 145 heavy (non-hydrogen) atoms. The molecule has 20 N–H and O–H groups in total. The predicted molar refractivity (Wildman–Crippen MR) is 554 cm³/mol. The van der Waals surface area contributed by atoms with Crippen LogP contribution in [0, 0.1) is 23.2 Å². The molecule has 0 aromatic carbocycles. The molecule has 850 valence electrons. The number of nitrogens with zero attached hydrogens (tertiary/aromatic N) is 1. The van der Waals surface area contributed by atoms with Gasteiger partial charge in [-0.15, -0.1) is 0 Å². The van der Waals surface area contributed by atoms with Crippen LogP contribution in [0.3, 0.4) is 0 Å². The lowest BCUT2D eigenvalue weighted by atomic mass is 9.71. The first-order valence-corrected chi connectivity index (χ1v) is 52.8. The van der Waals surface area contributed by atoms with Crippen molar-refractivity contribution in [3.05, 3.63) is 0 Å². The van der Waals surface area contributed by atoms with Gasteiger partial charge in [0.2, 0.25) is 41.4 Å². The van der Waals surface area contributed by atoms with Crippen molar-refractivity contribution in [3.8, 4) is 0 Å². The van der Waals surface area contributed by atoms with E-state index in [1.54, 1.807) is 11.8 Å². The lowest BCUT2D eigenvalue weighted by Crippen LogP contribution is -2.51. The van der Waals surface area contributed by atoms with E-state index in [1.807, 2.05) is 96.9 Å². The number of amides is 7. The highest BCUT2D eigenvalue weighted by Crippen LogP contribution is 2.58. The molecule has 17 unspecified atom stereocenters. The number of fused-ring (bicyclic) bond motifs is 2. The molecule has 43 heteroatoms. The number of esters is 7. The van der Waals surface area contributed by atoms with E-state index in [0.717, 1.165) is 128 Å². The van der Waals surface area contributed by atoms with Crippen LogP contribution in [0.1, 0.15) is 303 Å². The summed E-state index contributed by atoms with van der Waals surface area (Å²) in [5, 5.41) is 101.